The van der Waals surface area contributed by atoms with Crippen molar-refractivity contribution in [3.8, 4) is 5.75 Å². The van der Waals surface area contributed by atoms with Gasteiger partial charge in [-0.05, 0) is 24.1 Å². The molecule has 0 bridgehead atoms. The topological polar surface area (TPSA) is 78.4 Å². The van der Waals surface area contributed by atoms with E-state index in [1.807, 2.05) is 6.92 Å². The highest BCUT2D eigenvalue weighted by atomic mass is 19.1. The van der Waals surface area contributed by atoms with Crippen LogP contribution in [0.2, 0.25) is 0 Å². The fourth-order valence-electron chi connectivity index (χ4n) is 2.27. The highest BCUT2D eigenvalue weighted by Gasteiger charge is 2.18. The minimum atomic E-state index is -1.14. The van der Waals surface area contributed by atoms with Gasteiger partial charge < -0.3 is 15.7 Å². The van der Waals surface area contributed by atoms with E-state index >= 15 is 0 Å². The molecular weight excluding hydrogens is 330 g/mol. The van der Waals surface area contributed by atoms with Crippen molar-refractivity contribution in [2.24, 2.45) is 0 Å². The molecule has 25 heavy (non-hydrogen) atoms. The molecule has 0 aromatic heterocycles. The van der Waals surface area contributed by atoms with Gasteiger partial charge in [0.05, 0.1) is 0 Å². The first-order valence-electron chi connectivity index (χ1n) is 7.75. The van der Waals surface area contributed by atoms with Gasteiger partial charge >= 0.3 is 0 Å². The number of carbonyl (C=O) groups excluding carboxylic acids is 2. The van der Waals surface area contributed by atoms with Crippen molar-refractivity contribution in [3.05, 3.63) is 59.2 Å². The van der Waals surface area contributed by atoms with E-state index in [1.165, 1.54) is 0 Å². The lowest BCUT2D eigenvalue weighted by molar-refractivity contribution is -0.116. The first-order chi connectivity index (χ1) is 11.9. The Kier molecular flexibility index (Phi) is 6.05. The summed E-state index contributed by atoms with van der Waals surface area (Å²) in [4.78, 5) is 23.6. The molecular formula is C18H18F2N2O3. The zero-order valence-electron chi connectivity index (χ0n) is 13.6. The Bertz CT molecular complexity index is 771. The molecule has 0 saturated heterocycles. The number of phenols is 1. The molecule has 5 nitrogen and oxygen atoms in total. The summed E-state index contributed by atoms with van der Waals surface area (Å²) in [5, 5.41) is 14.7. The van der Waals surface area contributed by atoms with Gasteiger partial charge in [0.15, 0.2) is 0 Å². The Labute approximate surface area is 143 Å². The lowest BCUT2D eigenvalue weighted by Crippen LogP contribution is -2.24. The average molecular weight is 348 g/mol. The van der Waals surface area contributed by atoms with Crippen LogP contribution in [0.25, 0.3) is 0 Å². The van der Waals surface area contributed by atoms with Crippen LogP contribution in [0.4, 0.5) is 14.5 Å². The highest BCUT2D eigenvalue weighted by molar-refractivity contribution is 5.97. The van der Waals surface area contributed by atoms with E-state index in [1.54, 1.807) is 24.3 Å². The molecule has 0 atom stereocenters. The average Bonchev–Trinajstić information content (AvgIpc) is 2.52. The van der Waals surface area contributed by atoms with Gasteiger partial charge in [-0.2, -0.15) is 0 Å². The third kappa shape index (κ3) is 5.00. The number of amides is 2. The number of phenolic OH excluding ortho intramolecular Hbond substituents is 1. The van der Waals surface area contributed by atoms with Crippen LogP contribution in [0, 0.1) is 11.6 Å². The maximum absolute atomic E-state index is 13.7. The number of nitrogens with one attached hydrogen (secondary N) is 2. The summed E-state index contributed by atoms with van der Waals surface area (Å²) in [5.41, 5.74) is 0.638. The summed E-state index contributed by atoms with van der Waals surface area (Å²) >= 11 is 0. The molecule has 2 aromatic rings. The van der Waals surface area contributed by atoms with Crippen LogP contribution in [-0.4, -0.2) is 16.9 Å². The SMILES string of the molecule is CCCC(=O)Nc1cccc(CNC(=O)c2c(O)cc(F)cc2F)c1. The molecule has 0 fully saturated rings. The molecule has 2 aromatic carbocycles. The standard InChI is InChI=1S/C18H18F2N2O3/c1-2-4-16(24)22-13-6-3-5-11(7-13)10-21-18(25)17-14(20)8-12(19)9-15(17)23/h3,5-9,23H,2,4,10H2,1H3,(H,21,25)(H,22,24). The molecule has 0 radical (unpaired) electrons. The van der Waals surface area contributed by atoms with Crippen molar-refractivity contribution in [2.75, 3.05) is 5.32 Å². The molecule has 132 valence electrons. The second kappa shape index (κ2) is 8.23. The van der Waals surface area contributed by atoms with E-state index in [0.29, 0.717) is 29.8 Å². The van der Waals surface area contributed by atoms with Crippen LogP contribution in [0.3, 0.4) is 0 Å². The van der Waals surface area contributed by atoms with Gasteiger partial charge in [-0.1, -0.05) is 19.1 Å². The Morgan fingerprint density at radius 1 is 1.16 bits per heavy atom. The predicted molar refractivity (Wildman–Crippen MR) is 89.2 cm³/mol. The summed E-state index contributed by atoms with van der Waals surface area (Å²) in [6.07, 6.45) is 1.14. The van der Waals surface area contributed by atoms with E-state index in [4.69, 9.17) is 0 Å². The molecule has 0 heterocycles. The highest BCUT2D eigenvalue weighted by Crippen LogP contribution is 2.22. The largest absolute Gasteiger partial charge is 0.507 e. The molecule has 0 saturated carbocycles. The van der Waals surface area contributed by atoms with Gasteiger partial charge in [-0.25, -0.2) is 8.78 Å². The quantitative estimate of drug-likeness (QED) is 0.749. The lowest BCUT2D eigenvalue weighted by Gasteiger charge is -2.10. The van der Waals surface area contributed by atoms with Crippen molar-refractivity contribution in [1.29, 1.82) is 0 Å². The van der Waals surface area contributed by atoms with E-state index in [2.05, 4.69) is 10.6 Å². The first kappa shape index (κ1) is 18.4. The molecule has 0 unspecified atom stereocenters. The van der Waals surface area contributed by atoms with Crippen LogP contribution in [0.1, 0.15) is 35.7 Å². The van der Waals surface area contributed by atoms with Crippen molar-refractivity contribution in [1.82, 2.24) is 5.32 Å². The van der Waals surface area contributed by atoms with Gasteiger partial charge in [0, 0.05) is 30.8 Å². The summed E-state index contributed by atoms with van der Waals surface area (Å²) in [7, 11) is 0. The normalized spacial score (nSPS) is 10.4. The number of benzene rings is 2. The lowest BCUT2D eigenvalue weighted by atomic mass is 10.1. The van der Waals surface area contributed by atoms with Crippen LogP contribution in [-0.2, 0) is 11.3 Å². The second-order valence-electron chi connectivity index (χ2n) is 5.46. The molecule has 0 aliphatic carbocycles. The van der Waals surface area contributed by atoms with E-state index in [-0.39, 0.29) is 12.5 Å². The van der Waals surface area contributed by atoms with Gasteiger partial charge in [-0.15, -0.1) is 0 Å². The van der Waals surface area contributed by atoms with Gasteiger partial charge in [0.25, 0.3) is 5.91 Å². The van der Waals surface area contributed by atoms with Crippen LogP contribution < -0.4 is 10.6 Å². The number of hydrogen-bond acceptors (Lipinski definition) is 3. The summed E-state index contributed by atoms with van der Waals surface area (Å²) < 4.78 is 26.6. The molecule has 0 spiro atoms. The van der Waals surface area contributed by atoms with Crippen molar-refractivity contribution in [3.63, 3.8) is 0 Å². The Morgan fingerprint density at radius 2 is 1.92 bits per heavy atom. The van der Waals surface area contributed by atoms with Gasteiger partial charge in [0.1, 0.15) is 22.9 Å². The third-order valence-electron chi connectivity index (χ3n) is 3.40. The monoisotopic (exact) mass is 348 g/mol. The Morgan fingerprint density at radius 3 is 2.60 bits per heavy atom. The maximum Gasteiger partial charge on any atom is 0.258 e. The zero-order valence-corrected chi connectivity index (χ0v) is 13.6. The molecule has 3 N–H and O–H groups in total. The Hall–Kier alpha value is -2.96. The van der Waals surface area contributed by atoms with E-state index < -0.39 is 28.9 Å². The van der Waals surface area contributed by atoms with Gasteiger partial charge in [-0.3, -0.25) is 9.59 Å². The summed E-state index contributed by atoms with van der Waals surface area (Å²) in [5.74, 6) is -3.86. The van der Waals surface area contributed by atoms with Gasteiger partial charge in [0.2, 0.25) is 5.91 Å². The van der Waals surface area contributed by atoms with Crippen molar-refractivity contribution in [2.45, 2.75) is 26.3 Å². The fourth-order valence-corrected chi connectivity index (χ4v) is 2.27. The van der Waals surface area contributed by atoms with Crippen LogP contribution in [0.15, 0.2) is 36.4 Å². The van der Waals surface area contributed by atoms with E-state index in [9.17, 15) is 23.5 Å². The maximum atomic E-state index is 13.7. The van der Waals surface area contributed by atoms with Crippen LogP contribution in [0.5, 0.6) is 5.75 Å². The smallest absolute Gasteiger partial charge is 0.258 e. The number of aromatic hydroxyl groups is 1. The van der Waals surface area contributed by atoms with E-state index in [0.717, 1.165) is 6.42 Å². The summed E-state index contributed by atoms with van der Waals surface area (Å²) in [6.45, 7) is 1.95. The molecule has 7 heteroatoms. The number of hydrogen-bond donors (Lipinski definition) is 3. The molecule has 0 aliphatic heterocycles. The minimum absolute atomic E-state index is 0.0482. The number of carbonyl (C=O) groups is 2. The van der Waals surface area contributed by atoms with Crippen molar-refractivity contribution >= 4 is 17.5 Å². The fraction of sp³-hybridized carbons (Fsp3) is 0.222. The van der Waals surface area contributed by atoms with Crippen LogP contribution >= 0.6 is 0 Å². The third-order valence-corrected chi connectivity index (χ3v) is 3.40. The number of anilines is 1. The minimum Gasteiger partial charge on any atom is -0.507 e. The Balaban J connectivity index is 2.04. The van der Waals surface area contributed by atoms with Crippen molar-refractivity contribution < 1.29 is 23.5 Å². The second-order valence-corrected chi connectivity index (χ2v) is 5.46. The summed E-state index contributed by atoms with van der Waals surface area (Å²) in [6, 6.07) is 8.01. The zero-order chi connectivity index (χ0) is 18.4. The molecule has 2 amide bonds. The number of halogens is 2. The predicted octanol–water partition coefficient (Wildman–Crippen LogP) is 3.34. The first-order valence-corrected chi connectivity index (χ1v) is 7.75. The molecule has 2 rings (SSSR count). The number of rotatable bonds is 6. The molecule has 0 aliphatic rings.